The highest BCUT2D eigenvalue weighted by molar-refractivity contribution is 5.77. The monoisotopic (exact) mass is 275 g/mol. The van der Waals surface area contributed by atoms with Crippen LogP contribution in [0.25, 0.3) is 11.0 Å². The van der Waals surface area contributed by atoms with E-state index >= 15 is 0 Å². The Hall–Kier alpha value is -2.60. The van der Waals surface area contributed by atoms with Gasteiger partial charge in [0.15, 0.2) is 0 Å². The first-order chi connectivity index (χ1) is 10.2. The average Bonchev–Trinajstić information content (AvgIpc) is 2.82. The van der Waals surface area contributed by atoms with Gasteiger partial charge in [-0.3, -0.25) is 0 Å². The highest BCUT2D eigenvalue weighted by atomic mass is 15.1. The lowest BCUT2D eigenvalue weighted by molar-refractivity contribution is 0.784. The van der Waals surface area contributed by atoms with Crippen LogP contribution in [0.4, 0.5) is 0 Å². The zero-order valence-electron chi connectivity index (χ0n) is 12.3. The molecule has 0 fully saturated rings. The molecule has 3 nitrogen and oxygen atoms in total. The van der Waals surface area contributed by atoms with Gasteiger partial charge in [0.25, 0.3) is 0 Å². The van der Waals surface area contributed by atoms with Gasteiger partial charge in [-0.05, 0) is 42.7 Å². The molecule has 0 unspecified atom stereocenters. The number of benzene rings is 2. The fourth-order valence-corrected chi connectivity index (χ4v) is 2.67. The van der Waals surface area contributed by atoms with Gasteiger partial charge in [-0.2, -0.15) is 5.26 Å². The number of aryl methyl sites for hydroxylation is 4. The smallest absolute Gasteiger partial charge is 0.109 e. The topological polar surface area (TPSA) is 41.6 Å². The molecule has 1 heterocycles. The minimum absolute atomic E-state index is 0.677. The highest BCUT2D eigenvalue weighted by Gasteiger charge is 2.09. The van der Waals surface area contributed by atoms with Crippen LogP contribution in [-0.2, 0) is 19.9 Å². The molecular formula is C18H17N3. The van der Waals surface area contributed by atoms with Gasteiger partial charge < -0.3 is 4.57 Å². The lowest BCUT2D eigenvalue weighted by Crippen LogP contribution is -2.01. The van der Waals surface area contributed by atoms with E-state index in [9.17, 15) is 0 Å². The minimum atomic E-state index is 0.677. The van der Waals surface area contributed by atoms with Crippen LogP contribution in [0.3, 0.4) is 0 Å². The van der Waals surface area contributed by atoms with E-state index in [1.807, 2.05) is 25.2 Å². The molecule has 2 aromatic carbocycles. The molecule has 0 aliphatic carbocycles. The average molecular weight is 275 g/mol. The number of hydrogen-bond donors (Lipinski definition) is 0. The Bertz CT molecular complexity index is 837. The third-order valence-electron chi connectivity index (χ3n) is 3.98. The fourth-order valence-electron chi connectivity index (χ4n) is 2.67. The summed E-state index contributed by atoms with van der Waals surface area (Å²) in [6.07, 6.45) is 1.88. The molecule has 0 bridgehead atoms. The van der Waals surface area contributed by atoms with Gasteiger partial charge in [0.2, 0.25) is 0 Å². The van der Waals surface area contributed by atoms with Crippen molar-refractivity contribution in [1.82, 2.24) is 9.55 Å². The predicted molar refractivity (Wildman–Crippen MR) is 84.0 cm³/mol. The summed E-state index contributed by atoms with van der Waals surface area (Å²) < 4.78 is 2.09. The first-order valence-electron chi connectivity index (χ1n) is 7.09. The van der Waals surface area contributed by atoms with E-state index in [0.29, 0.717) is 5.56 Å². The molecule has 21 heavy (non-hydrogen) atoms. The third-order valence-corrected chi connectivity index (χ3v) is 3.98. The summed E-state index contributed by atoms with van der Waals surface area (Å²) in [5, 5.41) is 9.00. The van der Waals surface area contributed by atoms with Crippen molar-refractivity contribution in [1.29, 1.82) is 5.26 Å². The van der Waals surface area contributed by atoms with Crippen molar-refractivity contribution in [2.75, 3.05) is 0 Å². The first kappa shape index (κ1) is 13.4. The molecule has 0 amide bonds. The maximum Gasteiger partial charge on any atom is 0.109 e. The molecular weight excluding hydrogens is 258 g/mol. The summed E-state index contributed by atoms with van der Waals surface area (Å²) in [5.41, 5.74) is 5.34. The van der Waals surface area contributed by atoms with Crippen molar-refractivity contribution >= 4 is 11.0 Å². The van der Waals surface area contributed by atoms with Gasteiger partial charge in [-0.25, -0.2) is 4.98 Å². The summed E-state index contributed by atoms with van der Waals surface area (Å²) in [4.78, 5) is 4.69. The van der Waals surface area contributed by atoms with E-state index in [-0.39, 0.29) is 0 Å². The van der Waals surface area contributed by atoms with Gasteiger partial charge in [0.1, 0.15) is 5.82 Å². The maximum atomic E-state index is 9.00. The lowest BCUT2D eigenvalue weighted by atomic mass is 10.0. The molecule has 0 saturated heterocycles. The number of nitriles is 1. The Balaban J connectivity index is 1.90. The van der Waals surface area contributed by atoms with Crippen LogP contribution in [0.5, 0.6) is 0 Å². The van der Waals surface area contributed by atoms with Crippen molar-refractivity contribution < 1.29 is 0 Å². The van der Waals surface area contributed by atoms with Crippen molar-refractivity contribution in [3.05, 3.63) is 65.0 Å². The SMILES string of the molecule is Cc1ccccc1CCc1nc2ccc(C#N)cc2n1C. The van der Waals surface area contributed by atoms with Crippen LogP contribution in [0, 0.1) is 18.3 Å². The van der Waals surface area contributed by atoms with Gasteiger partial charge in [0.05, 0.1) is 22.7 Å². The van der Waals surface area contributed by atoms with Crippen LogP contribution in [0.1, 0.15) is 22.5 Å². The van der Waals surface area contributed by atoms with Crippen molar-refractivity contribution in [3.63, 3.8) is 0 Å². The number of nitrogens with zero attached hydrogens (tertiary/aromatic N) is 3. The van der Waals surface area contributed by atoms with E-state index in [2.05, 4.69) is 46.8 Å². The number of fused-ring (bicyclic) bond motifs is 1. The van der Waals surface area contributed by atoms with E-state index < -0.39 is 0 Å². The number of aromatic nitrogens is 2. The molecule has 0 atom stereocenters. The molecule has 0 spiro atoms. The molecule has 104 valence electrons. The van der Waals surface area contributed by atoms with E-state index in [0.717, 1.165) is 29.7 Å². The Morgan fingerprint density at radius 1 is 1.14 bits per heavy atom. The third kappa shape index (κ3) is 2.53. The second kappa shape index (κ2) is 5.41. The molecule has 3 rings (SSSR count). The summed E-state index contributed by atoms with van der Waals surface area (Å²) in [7, 11) is 2.02. The van der Waals surface area contributed by atoms with Gasteiger partial charge in [-0.15, -0.1) is 0 Å². The molecule has 0 saturated carbocycles. The first-order valence-corrected chi connectivity index (χ1v) is 7.09. The Labute approximate surface area is 124 Å². The van der Waals surface area contributed by atoms with E-state index in [4.69, 9.17) is 5.26 Å². The quantitative estimate of drug-likeness (QED) is 0.733. The van der Waals surface area contributed by atoms with Crippen LogP contribution < -0.4 is 0 Å². The van der Waals surface area contributed by atoms with Crippen LogP contribution in [0.15, 0.2) is 42.5 Å². The molecule has 3 heteroatoms. The summed E-state index contributed by atoms with van der Waals surface area (Å²) in [5.74, 6) is 1.06. The Morgan fingerprint density at radius 2 is 1.95 bits per heavy atom. The number of imidazole rings is 1. The molecule has 0 aliphatic rings. The Morgan fingerprint density at radius 3 is 2.71 bits per heavy atom. The van der Waals surface area contributed by atoms with Crippen molar-refractivity contribution in [3.8, 4) is 6.07 Å². The predicted octanol–water partition coefficient (Wildman–Crippen LogP) is 3.54. The number of hydrogen-bond acceptors (Lipinski definition) is 2. The van der Waals surface area contributed by atoms with E-state index in [1.54, 1.807) is 0 Å². The fraction of sp³-hybridized carbons (Fsp3) is 0.222. The second-order valence-corrected chi connectivity index (χ2v) is 5.33. The molecule has 0 N–H and O–H groups in total. The van der Waals surface area contributed by atoms with Gasteiger partial charge >= 0.3 is 0 Å². The van der Waals surface area contributed by atoms with Crippen molar-refractivity contribution in [2.45, 2.75) is 19.8 Å². The summed E-state index contributed by atoms with van der Waals surface area (Å²) >= 11 is 0. The van der Waals surface area contributed by atoms with E-state index in [1.165, 1.54) is 11.1 Å². The molecule has 1 aromatic heterocycles. The van der Waals surface area contributed by atoms with Crippen LogP contribution in [-0.4, -0.2) is 9.55 Å². The zero-order chi connectivity index (χ0) is 14.8. The number of rotatable bonds is 3. The standard InChI is InChI=1S/C18H17N3/c1-13-5-3-4-6-15(13)8-10-18-20-16-9-7-14(12-19)11-17(16)21(18)2/h3-7,9,11H,8,10H2,1-2H3. The van der Waals surface area contributed by atoms with Gasteiger partial charge in [-0.1, -0.05) is 24.3 Å². The van der Waals surface area contributed by atoms with Gasteiger partial charge in [0, 0.05) is 13.5 Å². The van der Waals surface area contributed by atoms with Crippen LogP contribution in [0.2, 0.25) is 0 Å². The molecule has 0 radical (unpaired) electrons. The summed E-state index contributed by atoms with van der Waals surface area (Å²) in [6.45, 7) is 2.14. The van der Waals surface area contributed by atoms with Crippen molar-refractivity contribution in [2.24, 2.45) is 7.05 Å². The normalized spacial score (nSPS) is 10.7. The lowest BCUT2D eigenvalue weighted by Gasteiger charge is -2.05. The van der Waals surface area contributed by atoms with Crippen LogP contribution >= 0.6 is 0 Å². The Kier molecular flexibility index (Phi) is 3.45. The largest absolute Gasteiger partial charge is 0.331 e. The summed E-state index contributed by atoms with van der Waals surface area (Å²) in [6, 6.07) is 16.3. The minimum Gasteiger partial charge on any atom is -0.331 e. The molecule has 0 aliphatic heterocycles. The maximum absolute atomic E-state index is 9.00. The molecule has 3 aromatic rings. The second-order valence-electron chi connectivity index (χ2n) is 5.33. The highest BCUT2D eigenvalue weighted by Crippen LogP contribution is 2.18. The zero-order valence-corrected chi connectivity index (χ0v) is 12.3.